The molecule has 4 aromatic rings. The van der Waals surface area contributed by atoms with Crippen LogP contribution in [0.2, 0.25) is 10.3 Å². The van der Waals surface area contributed by atoms with Crippen LogP contribution in [0.4, 0.5) is 0 Å². The van der Waals surface area contributed by atoms with Crippen LogP contribution in [0.25, 0.3) is 26.9 Å². The second-order valence-corrected chi connectivity index (χ2v) is 7.21. The largest absolute Gasteiger partial charge is 0.493 e. The smallest absolute Gasteiger partial charge is 0.235 e. The summed E-state index contributed by atoms with van der Waals surface area (Å²) in [4.78, 5) is 4.66. The Labute approximate surface area is 173 Å². The van der Waals surface area contributed by atoms with Gasteiger partial charge in [0.15, 0.2) is 22.3 Å². The minimum absolute atomic E-state index is 0.270. The number of rotatable bonds is 5. The van der Waals surface area contributed by atoms with Crippen molar-refractivity contribution < 1.29 is 14.2 Å². The quantitative estimate of drug-likeness (QED) is 0.431. The second-order valence-electron chi connectivity index (χ2n) is 5.51. The van der Waals surface area contributed by atoms with Crippen LogP contribution in [0, 0.1) is 0 Å². The van der Waals surface area contributed by atoms with Crippen LogP contribution in [0.1, 0.15) is 0 Å². The first-order valence-electron chi connectivity index (χ1n) is 7.90. The maximum Gasteiger partial charge on any atom is 0.235 e. The number of ether oxygens (including phenoxy) is 3. The molecule has 0 radical (unpaired) electrons. The van der Waals surface area contributed by atoms with E-state index in [0.717, 1.165) is 0 Å². The van der Waals surface area contributed by atoms with Gasteiger partial charge in [-0.05, 0) is 24.3 Å². The molecule has 4 rings (SSSR count). The summed E-state index contributed by atoms with van der Waals surface area (Å²) in [6.45, 7) is 0. The van der Waals surface area contributed by atoms with Crippen LogP contribution in [-0.4, -0.2) is 46.1 Å². The molecule has 11 heteroatoms. The first-order chi connectivity index (χ1) is 13.5. The molecule has 0 fully saturated rings. The Morgan fingerprint density at radius 3 is 2.29 bits per heavy atom. The van der Waals surface area contributed by atoms with Gasteiger partial charge < -0.3 is 14.2 Å². The van der Waals surface area contributed by atoms with Gasteiger partial charge in [0.2, 0.25) is 10.7 Å². The topological polar surface area (TPSA) is 83.7 Å². The molecule has 3 aromatic heterocycles. The van der Waals surface area contributed by atoms with Crippen molar-refractivity contribution in [2.24, 2.45) is 0 Å². The predicted octanol–water partition coefficient (Wildman–Crippen LogP) is 4.25. The molecule has 3 heterocycles. The van der Waals surface area contributed by atoms with E-state index in [-0.39, 0.29) is 5.15 Å². The van der Waals surface area contributed by atoms with Crippen LogP contribution < -0.4 is 14.2 Å². The number of hydrogen-bond acceptors (Lipinski definition) is 8. The van der Waals surface area contributed by atoms with E-state index in [0.29, 0.717) is 49.3 Å². The summed E-state index contributed by atoms with van der Waals surface area (Å²) < 4.78 is 17.8. The summed E-state index contributed by atoms with van der Waals surface area (Å²) >= 11 is 13.4. The van der Waals surface area contributed by atoms with E-state index >= 15 is 0 Å². The third-order valence-electron chi connectivity index (χ3n) is 3.96. The average molecular weight is 438 g/mol. The van der Waals surface area contributed by atoms with Crippen LogP contribution in [0.3, 0.4) is 0 Å². The van der Waals surface area contributed by atoms with Crippen molar-refractivity contribution in [3.8, 4) is 39.2 Å². The summed E-state index contributed by atoms with van der Waals surface area (Å²) in [5, 5.41) is 14.3. The summed E-state index contributed by atoms with van der Waals surface area (Å²) in [5.74, 6) is 2.03. The molecule has 0 aliphatic rings. The number of methoxy groups -OCH3 is 3. The standard InChI is InChI=1S/C17H13Cl2N5O3S/c1-25-10-6-8(7-11(26-2)13(10)27-3)15-21-22-17-24(15)23-16(28-17)9-4-5-12(18)20-14(9)19/h4-7H,1-3H3. The molecule has 0 amide bonds. The molecule has 28 heavy (non-hydrogen) atoms. The van der Waals surface area contributed by atoms with Gasteiger partial charge in [0.05, 0.1) is 21.3 Å². The molecule has 0 N–H and O–H groups in total. The Hall–Kier alpha value is -2.62. The molecule has 8 nitrogen and oxygen atoms in total. The summed E-state index contributed by atoms with van der Waals surface area (Å²) in [7, 11) is 4.65. The Bertz CT molecular complexity index is 1150. The molecule has 1 aromatic carbocycles. The van der Waals surface area contributed by atoms with Gasteiger partial charge in [-0.3, -0.25) is 0 Å². The van der Waals surface area contributed by atoms with Crippen molar-refractivity contribution in [2.75, 3.05) is 21.3 Å². The van der Waals surface area contributed by atoms with Gasteiger partial charge in [0, 0.05) is 11.1 Å². The fourth-order valence-electron chi connectivity index (χ4n) is 2.69. The van der Waals surface area contributed by atoms with Gasteiger partial charge >= 0.3 is 0 Å². The number of fused-ring (bicyclic) bond motifs is 1. The zero-order valence-corrected chi connectivity index (χ0v) is 17.3. The van der Waals surface area contributed by atoms with E-state index in [2.05, 4.69) is 20.3 Å². The van der Waals surface area contributed by atoms with E-state index in [1.807, 2.05) is 0 Å². The van der Waals surface area contributed by atoms with Gasteiger partial charge in [-0.2, -0.15) is 9.61 Å². The maximum absolute atomic E-state index is 6.21. The highest BCUT2D eigenvalue weighted by atomic mass is 35.5. The molecule has 0 atom stereocenters. The normalized spacial score (nSPS) is 11.0. The van der Waals surface area contributed by atoms with E-state index in [9.17, 15) is 0 Å². The second kappa shape index (κ2) is 7.42. The number of hydrogen-bond donors (Lipinski definition) is 0. The molecule has 0 saturated carbocycles. The predicted molar refractivity (Wildman–Crippen MR) is 107 cm³/mol. The Morgan fingerprint density at radius 2 is 1.68 bits per heavy atom. The Balaban J connectivity index is 1.85. The lowest BCUT2D eigenvalue weighted by atomic mass is 10.1. The molecule has 0 spiro atoms. The SMILES string of the molecule is COc1cc(-c2nnc3sc(-c4ccc(Cl)nc4Cl)nn23)cc(OC)c1OC. The highest BCUT2D eigenvalue weighted by Gasteiger charge is 2.20. The number of pyridine rings is 1. The Kier molecular flexibility index (Phi) is 4.96. The minimum Gasteiger partial charge on any atom is -0.493 e. The van der Waals surface area contributed by atoms with Gasteiger partial charge in [-0.1, -0.05) is 34.5 Å². The zero-order chi connectivity index (χ0) is 19.8. The fourth-order valence-corrected chi connectivity index (χ4v) is 4.04. The molecular formula is C17H13Cl2N5O3S. The van der Waals surface area contributed by atoms with E-state index in [1.165, 1.54) is 11.3 Å². The van der Waals surface area contributed by atoms with Crippen LogP contribution in [0.5, 0.6) is 17.2 Å². The summed E-state index contributed by atoms with van der Waals surface area (Å²) in [6, 6.07) is 7.00. The highest BCUT2D eigenvalue weighted by Crippen LogP contribution is 2.41. The lowest BCUT2D eigenvalue weighted by Gasteiger charge is -2.13. The van der Waals surface area contributed by atoms with Crippen LogP contribution >= 0.6 is 34.5 Å². The maximum atomic E-state index is 6.21. The van der Waals surface area contributed by atoms with Gasteiger partial charge in [0.25, 0.3) is 0 Å². The van der Waals surface area contributed by atoms with Crippen molar-refractivity contribution in [1.82, 2.24) is 24.8 Å². The van der Waals surface area contributed by atoms with Crippen molar-refractivity contribution in [3.05, 3.63) is 34.6 Å². The van der Waals surface area contributed by atoms with Gasteiger partial charge in [-0.15, -0.1) is 10.2 Å². The monoisotopic (exact) mass is 437 g/mol. The fraction of sp³-hybridized carbons (Fsp3) is 0.176. The highest BCUT2D eigenvalue weighted by molar-refractivity contribution is 7.19. The van der Waals surface area contributed by atoms with Crippen molar-refractivity contribution in [2.45, 2.75) is 0 Å². The molecule has 0 bridgehead atoms. The van der Waals surface area contributed by atoms with Crippen molar-refractivity contribution in [3.63, 3.8) is 0 Å². The summed E-state index contributed by atoms with van der Waals surface area (Å²) in [6.07, 6.45) is 0. The third kappa shape index (κ3) is 3.11. The van der Waals surface area contributed by atoms with Crippen LogP contribution in [-0.2, 0) is 0 Å². The van der Waals surface area contributed by atoms with E-state index < -0.39 is 0 Å². The lowest BCUT2D eigenvalue weighted by Crippen LogP contribution is -1.97. The first-order valence-corrected chi connectivity index (χ1v) is 9.48. The molecule has 0 aliphatic heterocycles. The number of benzene rings is 1. The van der Waals surface area contributed by atoms with Crippen molar-refractivity contribution >= 4 is 39.5 Å². The van der Waals surface area contributed by atoms with Crippen LogP contribution in [0.15, 0.2) is 24.3 Å². The molecular weight excluding hydrogens is 425 g/mol. The molecule has 0 aliphatic carbocycles. The number of halogens is 2. The van der Waals surface area contributed by atoms with Gasteiger partial charge in [0.1, 0.15) is 10.3 Å². The number of nitrogens with zero attached hydrogens (tertiary/aromatic N) is 5. The van der Waals surface area contributed by atoms with E-state index in [4.69, 9.17) is 37.4 Å². The first kappa shape index (κ1) is 18.7. The van der Waals surface area contributed by atoms with E-state index in [1.54, 1.807) is 50.1 Å². The average Bonchev–Trinajstić information content (AvgIpc) is 3.27. The van der Waals surface area contributed by atoms with Crippen molar-refractivity contribution in [1.29, 1.82) is 0 Å². The molecule has 0 unspecified atom stereocenters. The minimum atomic E-state index is 0.270. The summed E-state index contributed by atoms with van der Waals surface area (Å²) in [5.41, 5.74) is 1.37. The zero-order valence-electron chi connectivity index (χ0n) is 14.9. The van der Waals surface area contributed by atoms with Gasteiger partial charge in [-0.25, -0.2) is 4.98 Å². The molecule has 0 saturated heterocycles. The lowest BCUT2D eigenvalue weighted by molar-refractivity contribution is 0.324. The molecule has 144 valence electrons. The third-order valence-corrected chi connectivity index (χ3v) is 5.39. The number of aromatic nitrogens is 5. The Morgan fingerprint density at radius 1 is 0.964 bits per heavy atom.